The second kappa shape index (κ2) is 10.2. The molecule has 1 atom stereocenters. The molecule has 10 heteroatoms. The Labute approximate surface area is 183 Å². The Kier molecular flexibility index (Phi) is 8.47. The van der Waals surface area contributed by atoms with Crippen LogP contribution < -0.4 is 10.7 Å². The van der Waals surface area contributed by atoms with E-state index in [9.17, 15) is 22.4 Å². The number of thioether (sulfide) groups is 1. The van der Waals surface area contributed by atoms with Gasteiger partial charge in [-0.25, -0.2) is 23.0 Å². The van der Waals surface area contributed by atoms with Crippen LogP contribution in [-0.2, 0) is 11.3 Å². The van der Waals surface area contributed by atoms with Crippen LogP contribution in [0, 0.1) is 29.2 Å². The first kappa shape index (κ1) is 24.8. The third kappa shape index (κ3) is 5.42. The zero-order chi connectivity index (χ0) is 22.6. The maximum absolute atomic E-state index is 14.4. The number of benzene rings is 1. The minimum atomic E-state index is -1.50. The van der Waals surface area contributed by atoms with Gasteiger partial charge >= 0.3 is 0 Å². The van der Waals surface area contributed by atoms with Gasteiger partial charge in [0.2, 0.25) is 5.91 Å². The van der Waals surface area contributed by atoms with E-state index in [0.717, 1.165) is 11.8 Å². The molecule has 2 N–H and O–H groups in total. The highest BCUT2D eigenvalue weighted by molar-refractivity contribution is 7.99. The van der Waals surface area contributed by atoms with Gasteiger partial charge in [0, 0.05) is 25.4 Å². The number of hydrogen-bond acceptors (Lipinski definition) is 4. The first-order valence-corrected chi connectivity index (χ1v) is 11.0. The van der Waals surface area contributed by atoms with Gasteiger partial charge in [-0.1, -0.05) is 32.4 Å². The molecule has 1 aromatic carbocycles. The van der Waals surface area contributed by atoms with Gasteiger partial charge in [-0.2, -0.15) is 0 Å². The number of amides is 1. The fraction of sp³-hybridized carbons (Fsp3) is 0.550. The van der Waals surface area contributed by atoms with Crippen molar-refractivity contribution in [2.75, 3.05) is 12.8 Å². The van der Waals surface area contributed by atoms with E-state index < -0.39 is 51.7 Å². The maximum Gasteiger partial charge on any atom is 0.222 e. The largest absolute Gasteiger partial charge is 0.352 e. The summed E-state index contributed by atoms with van der Waals surface area (Å²) in [6, 6.07) is 0. The third-order valence-corrected chi connectivity index (χ3v) is 6.48. The molecular weight excluding hydrogens is 442 g/mol. The lowest BCUT2D eigenvalue weighted by atomic mass is 9.92. The molecule has 1 aromatic rings. The summed E-state index contributed by atoms with van der Waals surface area (Å²) in [5.41, 5.74) is 1.35. The quantitative estimate of drug-likeness (QED) is 0.302. The number of nitrogens with zero attached hydrogens (tertiary/aromatic N) is 1. The minimum absolute atomic E-state index is 0.111. The van der Waals surface area contributed by atoms with Gasteiger partial charge in [-0.3, -0.25) is 4.79 Å². The highest BCUT2D eigenvalue weighted by Crippen LogP contribution is 2.34. The molecule has 1 amide bonds. The second-order valence-electron chi connectivity index (χ2n) is 7.68. The average Bonchev–Trinajstić information content (AvgIpc) is 2.96. The molecule has 4 nitrogen and oxygen atoms in total. The Morgan fingerprint density at radius 3 is 2.30 bits per heavy atom. The van der Waals surface area contributed by atoms with Crippen molar-refractivity contribution in [1.82, 2.24) is 15.8 Å². The van der Waals surface area contributed by atoms with Crippen LogP contribution in [0.1, 0.15) is 45.6 Å². The fourth-order valence-electron chi connectivity index (χ4n) is 3.07. The fourth-order valence-corrected chi connectivity index (χ4v) is 4.69. The molecule has 30 heavy (non-hydrogen) atoms. The summed E-state index contributed by atoms with van der Waals surface area (Å²) in [7, 11) is 1.72. The monoisotopic (exact) mass is 467 g/mol. The summed E-state index contributed by atoms with van der Waals surface area (Å²) in [4.78, 5) is 11.7. The molecule has 0 aromatic heterocycles. The summed E-state index contributed by atoms with van der Waals surface area (Å²) < 4.78 is 57.5. The van der Waals surface area contributed by atoms with Crippen molar-refractivity contribution >= 4 is 29.3 Å². The number of carbonyl (C=O) groups excluding carboxylic acids is 1. The molecule has 0 radical (unpaired) electrons. The van der Waals surface area contributed by atoms with E-state index in [1.54, 1.807) is 18.3 Å². The van der Waals surface area contributed by atoms with E-state index in [4.69, 9.17) is 11.6 Å². The Bertz CT molecular complexity index is 808. The van der Waals surface area contributed by atoms with Gasteiger partial charge in [0.25, 0.3) is 0 Å². The predicted octanol–water partition coefficient (Wildman–Crippen LogP) is 5.07. The number of halogens is 5. The normalized spacial score (nSPS) is 18.9. The topological polar surface area (TPSA) is 44.4 Å². The van der Waals surface area contributed by atoms with Crippen molar-refractivity contribution in [2.24, 2.45) is 5.92 Å². The van der Waals surface area contributed by atoms with Crippen LogP contribution in [-0.4, -0.2) is 29.3 Å². The molecular formula is C20H26ClF4N3OS. The summed E-state index contributed by atoms with van der Waals surface area (Å²) in [6.07, 6.45) is 2.64. The molecule has 1 heterocycles. The van der Waals surface area contributed by atoms with Crippen LogP contribution in [0.15, 0.2) is 16.1 Å². The molecule has 0 saturated carbocycles. The van der Waals surface area contributed by atoms with Crippen molar-refractivity contribution in [3.63, 3.8) is 0 Å². The van der Waals surface area contributed by atoms with E-state index in [1.807, 2.05) is 20.8 Å². The number of nitrogens with one attached hydrogen (secondary N) is 2. The molecule has 0 fully saturated rings. The summed E-state index contributed by atoms with van der Waals surface area (Å²) in [5.74, 6) is -5.83. The lowest BCUT2D eigenvalue weighted by molar-refractivity contribution is -0.122. The smallest absolute Gasteiger partial charge is 0.222 e. The lowest BCUT2D eigenvalue weighted by Gasteiger charge is -2.29. The zero-order valence-corrected chi connectivity index (χ0v) is 18.9. The first-order chi connectivity index (χ1) is 14.0. The van der Waals surface area contributed by atoms with Gasteiger partial charge in [0.1, 0.15) is 0 Å². The molecule has 1 aliphatic rings. The van der Waals surface area contributed by atoms with Gasteiger partial charge < -0.3 is 10.3 Å². The average molecular weight is 468 g/mol. The second-order valence-corrected chi connectivity index (χ2v) is 9.20. The molecule has 0 saturated heterocycles. The van der Waals surface area contributed by atoms with Crippen LogP contribution in [0.4, 0.5) is 17.6 Å². The third-order valence-electron chi connectivity index (χ3n) is 4.94. The number of rotatable bonds is 9. The van der Waals surface area contributed by atoms with Crippen molar-refractivity contribution in [2.45, 2.75) is 57.0 Å². The predicted molar refractivity (Wildman–Crippen MR) is 111 cm³/mol. The van der Waals surface area contributed by atoms with Crippen LogP contribution in [0.2, 0.25) is 0 Å². The van der Waals surface area contributed by atoms with E-state index >= 15 is 0 Å². The van der Waals surface area contributed by atoms with E-state index in [1.165, 1.54) is 0 Å². The molecule has 0 bridgehead atoms. The summed E-state index contributed by atoms with van der Waals surface area (Å²) in [6.45, 7) is 5.02. The Balaban J connectivity index is 2.11. The molecule has 2 rings (SSSR count). The Morgan fingerprint density at radius 2 is 1.83 bits per heavy atom. The SMILES string of the molecule is CCC1(CC(=O)NCc2c(F)c(F)c(SCCC(C)C)c(F)c2F)NN(C)C=C1Cl. The molecule has 1 unspecified atom stereocenters. The first-order valence-electron chi connectivity index (χ1n) is 9.65. The summed E-state index contributed by atoms with van der Waals surface area (Å²) in [5, 5.41) is 4.36. The summed E-state index contributed by atoms with van der Waals surface area (Å²) >= 11 is 6.95. The zero-order valence-electron chi connectivity index (χ0n) is 17.3. The van der Waals surface area contributed by atoms with E-state index in [0.29, 0.717) is 23.6 Å². The van der Waals surface area contributed by atoms with Gasteiger partial charge in [-0.05, 0) is 24.5 Å². The molecule has 168 valence electrons. The van der Waals surface area contributed by atoms with Crippen molar-refractivity contribution in [3.05, 3.63) is 40.1 Å². The van der Waals surface area contributed by atoms with Gasteiger partial charge in [-0.15, -0.1) is 11.8 Å². The molecule has 0 aliphatic carbocycles. The van der Waals surface area contributed by atoms with Crippen molar-refractivity contribution in [1.29, 1.82) is 0 Å². The highest BCUT2D eigenvalue weighted by atomic mass is 35.5. The maximum atomic E-state index is 14.4. The standard InChI is InChI=1S/C20H26ClF4N3OS/c1-5-20(13(21)10-28(4)27-20)8-14(29)26-9-12-15(22)17(24)19(18(25)16(12)23)30-7-6-11(2)3/h10-11,27H,5-9H2,1-4H3,(H,26,29). The van der Waals surface area contributed by atoms with Gasteiger partial charge in [0.05, 0.1) is 21.9 Å². The molecule has 0 spiro atoms. The van der Waals surface area contributed by atoms with E-state index in [2.05, 4.69) is 10.7 Å². The highest BCUT2D eigenvalue weighted by Gasteiger charge is 2.39. The number of hydrogen-bond donors (Lipinski definition) is 2. The molecule has 1 aliphatic heterocycles. The van der Waals surface area contributed by atoms with Crippen molar-refractivity contribution < 1.29 is 22.4 Å². The number of hydrazine groups is 1. The number of carbonyl (C=O) groups is 1. The van der Waals surface area contributed by atoms with E-state index in [-0.39, 0.29) is 12.3 Å². The van der Waals surface area contributed by atoms with Crippen LogP contribution in [0.5, 0.6) is 0 Å². The lowest BCUT2D eigenvalue weighted by Crippen LogP contribution is -2.49. The van der Waals surface area contributed by atoms with Crippen LogP contribution >= 0.6 is 23.4 Å². The Hall–Kier alpha value is -1.45. The Morgan fingerprint density at radius 1 is 1.23 bits per heavy atom. The van der Waals surface area contributed by atoms with Crippen LogP contribution in [0.3, 0.4) is 0 Å². The minimum Gasteiger partial charge on any atom is -0.352 e. The van der Waals surface area contributed by atoms with Crippen molar-refractivity contribution in [3.8, 4) is 0 Å². The van der Waals surface area contributed by atoms with Crippen LogP contribution in [0.25, 0.3) is 0 Å². The van der Waals surface area contributed by atoms with Gasteiger partial charge in [0.15, 0.2) is 23.3 Å².